The molecule has 3 heteroatoms. The van der Waals surface area contributed by atoms with Crippen molar-refractivity contribution in [3.05, 3.63) is 17.5 Å². The average molecular weight is 223 g/mol. The maximum atomic E-state index is 4.62. The Morgan fingerprint density at radius 1 is 1.19 bits per heavy atom. The van der Waals surface area contributed by atoms with Crippen molar-refractivity contribution in [3.63, 3.8) is 0 Å². The van der Waals surface area contributed by atoms with Gasteiger partial charge in [-0.25, -0.2) is 0 Å². The van der Waals surface area contributed by atoms with E-state index < -0.39 is 0 Å². The van der Waals surface area contributed by atoms with Gasteiger partial charge in [-0.05, 0) is 45.3 Å². The van der Waals surface area contributed by atoms with Crippen LogP contribution in [-0.4, -0.2) is 23.4 Å². The lowest BCUT2D eigenvalue weighted by Gasteiger charge is -2.05. The molecule has 0 aliphatic rings. The molecule has 0 atom stereocenters. The third-order valence-electron chi connectivity index (χ3n) is 2.94. The fraction of sp³-hybridized carbons (Fsp3) is 0.769. The summed E-state index contributed by atoms with van der Waals surface area (Å²) < 4.78 is 2.19. The Labute approximate surface area is 99.2 Å². The van der Waals surface area contributed by atoms with Gasteiger partial charge < -0.3 is 5.32 Å². The van der Waals surface area contributed by atoms with Gasteiger partial charge in [-0.1, -0.05) is 20.3 Å². The monoisotopic (exact) mass is 223 g/mol. The van der Waals surface area contributed by atoms with E-state index in [2.05, 4.69) is 35.0 Å². The third-order valence-corrected chi connectivity index (χ3v) is 2.94. The topological polar surface area (TPSA) is 29.9 Å². The molecule has 0 saturated carbocycles. The first-order chi connectivity index (χ1) is 7.81. The largest absolute Gasteiger partial charge is 0.320 e. The molecule has 3 nitrogen and oxygen atoms in total. The van der Waals surface area contributed by atoms with Gasteiger partial charge in [-0.2, -0.15) is 5.10 Å². The van der Waals surface area contributed by atoms with Crippen LogP contribution in [0, 0.1) is 0 Å². The van der Waals surface area contributed by atoms with E-state index in [-0.39, 0.29) is 0 Å². The van der Waals surface area contributed by atoms with E-state index in [1.807, 2.05) is 7.05 Å². The number of hydrogen-bond acceptors (Lipinski definition) is 2. The molecule has 0 aromatic carbocycles. The third kappa shape index (κ3) is 3.97. The predicted octanol–water partition coefficient (Wildman–Crippen LogP) is 2.40. The van der Waals surface area contributed by atoms with Crippen LogP contribution in [0.15, 0.2) is 6.07 Å². The summed E-state index contributed by atoms with van der Waals surface area (Å²) >= 11 is 0. The molecule has 1 heterocycles. The van der Waals surface area contributed by atoms with Crippen LogP contribution in [0.3, 0.4) is 0 Å². The van der Waals surface area contributed by atoms with Gasteiger partial charge >= 0.3 is 0 Å². The van der Waals surface area contributed by atoms with E-state index in [4.69, 9.17) is 0 Å². The Hall–Kier alpha value is -0.830. The zero-order valence-corrected chi connectivity index (χ0v) is 10.9. The average Bonchev–Trinajstić information content (AvgIpc) is 2.71. The Kier molecular flexibility index (Phi) is 6.16. The van der Waals surface area contributed by atoms with Crippen molar-refractivity contribution in [2.75, 3.05) is 13.6 Å². The number of aryl methyl sites for hydroxylation is 3. The van der Waals surface area contributed by atoms with Gasteiger partial charge in [0.1, 0.15) is 0 Å². The second-order valence-corrected chi connectivity index (χ2v) is 4.22. The lowest BCUT2D eigenvalue weighted by molar-refractivity contribution is 0.520. The van der Waals surface area contributed by atoms with E-state index in [0.29, 0.717) is 0 Å². The van der Waals surface area contributed by atoms with Crippen molar-refractivity contribution in [2.45, 2.75) is 52.5 Å². The summed E-state index contributed by atoms with van der Waals surface area (Å²) in [6.45, 7) is 6.57. The Balaban J connectivity index is 2.37. The van der Waals surface area contributed by atoms with Crippen LogP contribution in [0.5, 0.6) is 0 Å². The smallest absolute Gasteiger partial charge is 0.0624 e. The molecule has 0 amide bonds. The van der Waals surface area contributed by atoms with Gasteiger partial charge in [0.2, 0.25) is 0 Å². The molecule has 0 unspecified atom stereocenters. The van der Waals surface area contributed by atoms with E-state index in [1.54, 1.807) is 0 Å². The summed E-state index contributed by atoms with van der Waals surface area (Å²) in [6.07, 6.45) is 5.91. The van der Waals surface area contributed by atoms with Crippen LogP contribution >= 0.6 is 0 Å². The molecule has 1 N–H and O–H groups in total. The zero-order valence-electron chi connectivity index (χ0n) is 10.9. The molecular weight excluding hydrogens is 198 g/mol. The van der Waals surface area contributed by atoms with E-state index in [9.17, 15) is 0 Å². The van der Waals surface area contributed by atoms with Crippen LogP contribution in [-0.2, 0) is 19.4 Å². The van der Waals surface area contributed by atoms with Crippen molar-refractivity contribution >= 4 is 0 Å². The molecular formula is C13H25N3. The first-order valence-corrected chi connectivity index (χ1v) is 6.52. The molecule has 0 aliphatic heterocycles. The Morgan fingerprint density at radius 3 is 2.62 bits per heavy atom. The van der Waals surface area contributed by atoms with Gasteiger partial charge in [0, 0.05) is 12.2 Å². The summed E-state index contributed by atoms with van der Waals surface area (Å²) in [5, 5.41) is 7.80. The highest BCUT2D eigenvalue weighted by atomic mass is 15.3. The Morgan fingerprint density at radius 2 is 2.00 bits per heavy atom. The second kappa shape index (κ2) is 7.44. The lowest BCUT2D eigenvalue weighted by Crippen LogP contribution is -2.09. The summed E-state index contributed by atoms with van der Waals surface area (Å²) in [6, 6.07) is 2.24. The molecule has 1 aromatic rings. The van der Waals surface area contributed by atoms with Gasteiger partial charge in [-0.3, -0.25) is 4.68 Å². The standard InChI is InChI=1S/C13H25N3/c1-4-12-11-13(5-2)16(15-12)10-8-6-7-9-14-3/h11,14H,4-10H2,1-3H3. The maximum absolute atomic E-state index is 4.62. The number of hydrogen-bond donors (Lipinski definition) is 1. The highest BCUT2D eigenvalue weighted by Gasteiger charge is 2.04. The minimum atomic E-state index is 1.04. The summed E-state index contributed by atoms with van der Waals surface area (Å²) in [4.78, 5) is 0. The lowest BCUT2D eigenvalue weighted by atomic mass is 10.2. The minimum absolute atomic E-state index is 1.04. The van der Waals surface area contributed by atoms with E-state index in [0.717, 1.165) is 25.9 Å². The zero-order chi connectivity index (χ0) is 11.8. The van der Waals surface area contributed by atoms with Gasteiger partial charge in [0.05, 0.1) is 5.69 Å². The van der Waals surface area contributed by atoms with Crippen LogP contribution in [0.4, 0.5) is 0 Å². The van der Waals surface area contributed by atoms with Gasteiger partial charge in [0.15, 0.2) is 0 Å². The number of nitrogens with one attached hydrogen (secondary N) is 1. The van der Waals surface area contributed by atoms with Crippen molar-refractivity contribution in [2.24, 2.45) is 0 Å². The van der Waals surface area contributed by atoms with Crippen molar-refractivity contribution in [1.29, 1.82) is 0 Å². The number of aromatic nitrogens is 2. The van der Waals surface area contributed by atoms with Crippen LogP contribution in [0.1, 0.15) is 44.5 Å². The van der Waals surface area contributed by atoms with Crippen LogP contribution < -0.4 is 5.32 Å². The van der Waals surface area contributed by atoms with E-state index in [1.165, 1.54) is 30.7 Å². The van der Waals surface area contributed by atoms with Gasteiger partial charge in [-0.15, -0.1) is 0 Å². The molecule has 16 heavy (non-hydrogen) atoms. The molecule has 92 valence electrons. The number of nitrogens with zero attached hydrogens (tertiary/aromatic N) is 2. The molecule has 0 fully saturated rings. The summed E-state index contributed by atoms with van der Waals surface area (Å²) in [7, 11) is 2.01. The number of unbranched alkanes of at least 4 members (excludes halogenated alkanes) is 2. The first kappa shape index (κ1) is 13.2. The fourth-order valence-electron chi connectivity index (χ4n) is 1.91. The SMILES string of the molecule is CCc1cc(CC)n(CCCCCNC)n1. The first-order valence-electron chi connectivity index (χ1n) is 6.52. The summed E-state index contributed by atoms with van der Waals surface area (Å²) in [5.74, 6) is 0. The predicted molar refractivity (Wildman–Crippen MR) is 68.8 cm³/mol. The molecule has 0 saturated heterocycles. The quantitative estimate of drug-likeness (QED) is 0.686. The van der Waals surface area contributed by atoms with Crippen molar-refractivity contribution in [1.82, 2.24) is 15.1 Å². The van der Waals surface area contributed by atoms with Crippen molar-refractivity contribution in [3.8, 4) is 0 Å². The number of rotatable bonds is 8. The molecule has 0 spiro atoms. The highest BCUT2D eigenvalue weighted by molar-refractivity contribution is 5.10. The van der Waals surface area contributed by atoms with Crippen LogP contribution in [0.2, 0.25) is 0 Å². The molecule has 0 aliphatic carbocycles. The Bertz CT molecular complexity index is 291. The minimum Gasteiger partial charge on any atom is -0.320 e. The molecule has 0 bridgehead atoms. The normalized spacial score (nSPS) is 10.9. The second-order valence-electron chi connectivity index (χ2n) is 4.22. The summed E-state index contributed by atoms with van der Waals surface area (Å²) in [5.41, 5.74) is 2.61. The fourth-order valence-corrected chi connectivity index (χ4v) is 1.91. The highest BCUT2D eigenvalue weighted by Crippen LogP contribution is 2.08. The van der Waals surface area contributed by atoms with Crippen molar-refractivity contribution < 1.29 is 0 Å². The molecule has 1 aromatic heterocycles. The maximum Gasteiger partial charge on any atom is 0.0624 e. The molecule has 0 radical (unpaired) electrons. The molecule has 1 rings (SSSR count). The van der Waals surface area contributed by atoms with Gasteiger partial charge in [0.25, 0.3) is 0 Å². The van der Waals surface area contributed by atoms with Crippen LogP contribution in [0.25, 0.3) is 0 Å². The van der Waals surface area contributed by atoms with E-state index >= 15 is 0 Å².